The van der Waals surface area contributed by atoms with Crippen LogP contribution in [0.5, 0.6) is 0 Å². The third-order valence-corrected chi connectivity index (χ3v) is 7.37. The first-order valence-electron chi connectivity index (χ1n) is 10.0. The number of anilines is 1. The molecule has 0 aliphatic carbocycles. The maximum absolute atomic E-state index is 13.3. The molecule has 1 aromatic heterocycles. The lowest BCUT2D eigenvalue weighted by atomic mass is 10.2. The average molecular weight is 509 g/mol. The molecule has 0 saturated carbocycles. The summed E-state index contributed by atoms with van der Waals surface area (Å²) in [6, 6.07) is 18.5. The molecule has 0 aliphatic rings. The number of primary amides is 1. The Kier molecular flexibility index (Phi) is 6.47. The lowest BCUT2D eigenvalue weighted by Gasteiger charge is -2.19. The van der Waals surface area contributed by atoms with Gasteiger partial charge < -0.3 is 14.9 Å². The summed E-state index contributed by atoms with van der Waals surface area (Å²) in [5, 5.41) is 1.65. The van der Waals surface area contributed by atoms with Crippen LogP contribution in [0.15, 0.2) is 82.6 Å². The fourth-order valence-corrected chi connectivity index (χ4v) is 5.27. The van der Waals surface area contributed by atoms with Crippen molar-refractivity contribution in [1.29, 1.82) is 0 Å². The first kappa shape index (κ1) is 24.2. The van der Waals surface area contributed by atoms with E-state index in [1.807, 2.05) is 0 Å². The summed E-state index contributed by atoms with van der Waals surface area (Å²) in [5.41, 5.74) is 7.35. The molecule has 4 aromatic rings. The fourth-order valence-electron chi connectivity index (χ4n) is 3.66. The van der Waals surface area contributed by atoms with Gasteiger partial charge in [-0.25, -0.2) is 17.7 Å². The van der Waals surface area contributed by atoms with Crippen molar-refractivity contribution in [1.82, 2.24) is 4.57 Å². The van der Waals surface area contributed by atoms with Crippen LogP contribution in [0.4, 0.5) is 5.69 Å². The van der Waals surface area contributed by atoms with Crippen LogP contribution in [0.2, 0.25) is 0 Å². The molecule has 0 aliphatic heterocycles. The monoisotopic (exact) mass is 508 g/mol. The Morgan fingerprint density at radius 3 is 2.43 bits per heavy atom. The zero-order valence-corrected chi connectivity index (χ0v) is 19.9. The van der Waals surface area contributed by atoms with Gasteiger partial charge in [-0.3, -0.25) is 4.79 Å². The van der Waals surface area contributed by atoms with Crippen molar-refractivity contribution in [3.63, 3.8) is 0 Å². The van der Waals surface area contributed by atoms with Crippen molar-refractivity contribution in [3.05, 3.63) is 84.1 Å². The highest BCUT2D eigenvalue weighted by Crippen LogP contribution is 2.30. The number of hydrogen-bond acceptors (Lipinski definition) is 7. The van der Waals surface area contributed by atoms with Crippen molar-refractivity contribution in [2.75, 3.05) is 12.1 Å². The third kappa shape index (κ3) is 4.68. The average Bonchev–Trinajstić information content (AvgIpc) is 3.23. The van der Waals surface area contributed by atoms with E-state index in [1.165, 1.54) is 35.9 Å². The lowest BCUT2D eigenvalue weighted by molar-refractivity contribution is 0.0994. The molecule has 1 atom stereocenters. The number of sulfone groups is 1. The maximum atomic E-state index is 13.3. The van der Waals surface area contributed by atoms with Gasteiger partial charge in [-0.05, 0) is 54.6 Å². The summed E-state index contributed by atoms with van der Waals surface area (Å²) in [5.74, 6) is 1.68. The van der Waals surface area contributed by atoms with E-state index in [2.05, 4.69) is 10.2 Å². The molecule has 1 unspecified atom stereocenters. The van der Waals surface area contributed by atoms with Crippen LogP contribution in [0.1, 0.15) is 16.1 Å². The summed E-state index contributed by atoms with van der Waals surface area (Å²) in [4.78, 5) is 12.3. The summed E-state index contributed by atoms with van der Waals surface area (Å²) in [7, 11) is -2.53. The Bertz CT molecular complexity index is 1640. The molecule has 0 fully saturated rings. The van der Waals surface area contributed by atoms with Crippen molar-refractivity contribution in [3.8, 4) is 18.0 Å². The highest BCUT2D eigenvalue weighted by atomic mass is 32.2. The predicted molar refractivity (Wildman–Crippen MR) is 130 cm³/mol. The number of hydrogen-bond donors (Lipinski definition) is 1. The molecule has 4 rings (SSSR count). The van der Waals surface area contributed by atoms with Crippen LogP contribution >= 0.6 is 0 Å². The van der Waals surface area contributed by atoms with E-state index in [0.29, 0.717) is 27.8 Å². The molecular formula is C24H18N3O6S2-. The van der Waals surface area contributed by atoms with E-state index in [0.717, 1.165) is 5.06 Å². The smallest absolute Gasteiger partial charge is 0.265 e. The SMILES string of the molecule is C#Cc1cccc(S(=O)(=O)c2cccc(-n3c(C(N)=O)cc4ccc(N(C)OS(=O)[O-])cc43)c2)c1. The van der Waals surface area contributed by atoms with E-state index in [4.69, 9.17) is 12.2 Å². The summed E-state index contributed by atoms with van der Waals surface area (Å²) in [6.45, 7) is 0. The lowest BCUT2D eigenvalue weighted by Crippen LogP contribution is -2.19. The molecule has 0 bridgehead atoms. The van der Waals surface area contributed by atoms with Crippen molar-refractivity contribution >= 4 is 43.7 Å². The van der Waals surface area contributed by atoms with Gasteiger partial charge in [0.05, 0.1) is 21.0 Å². The van der Waals surface area contributed by atoms with Gasteiger partial charge in [-0.1, -0.05) is 24.1 Å². The Morgan fingerprint density at radius 2 is 1.77 bits per heavy atom. The number of carbonyl (C=O) groups excluding carboxylic acids is 1. The van der Waals surface area contributed by atoms with Crippen LogP contribution in [0, 0.1) is 12.3 Å². The molecule has 35 heavy (non-hydrogen) atoms. The highest BCUT2D eigenvalue weighted by Gasteiger charge is 2.21. The molecule has 3 aromatic carbocycles. The number of benzene rings is 3. The Labute approximate surface area is 204 Å². The van der Waals surface area contributed by atoms with Crippen LogP contribution in [0.3, 0.4) is 0 Å². The number of aromatic nitrogens is 1. The second kappa shape index (κ2) is 9.36. The number of nitrogens with two attached hydrogens (primary N) is 1. The number of fused-ring (bicyclic) bond motifs is 1. The topological polar surface area (TPSA) is 135 Å². The van der Waals surface area contributed by atoms with Crippen LogP contribution in [0.25, 0.3) is 16.6 Å². The molecule has 1 amide bonds. The number of amides is 1. The van der Waals surface area contributed by atoms with Gasteiger partial charge in [0.1, 0.15) is 17.1 Å². The highest BCUT2D eigenvalue weighted by molar-refractivity contribution is 7.91. The van der Waals surface area contributed by atoms with Crippen molar-refractivity contribution in [2.24, 2.45) is 5.73 Å². The zero-order valence-electron chi connectivity index (χ0n) is 18.2. The third-order valence-electron chi connectivity index (χ3n) is 5.27. The minimum absolute atomic E-state index is 0.0141. The van der Waals surface area contributed by atoms with Gasteiger partial charge in [0.2, 0.25) is 9.84 Å². The molecule has 1 heterocycles. The molecule has 0 spiro atoms. The number of terminal acetylenes is 1. The van der Waals surface area contributed by atoms with Crippen LogP contribution in [-0.4, -0.2) is 34.7 Å². The zero-order chi connectivity index (χ0) is 25.3. The molecule has 11 heteroatoms. The van der Waals surface area contributed by atoms with E-state index in [1.54, 1.807) is 48.5 Å². The second-order valence-corrected chi connectivity index (χ2v) is 9.93. The van der Waals surface area contributed by atoms with Gasteiger partial charge >= 0.3 is 0 Å². The van der Waals surface area contributed by atoms with Gasteiger partial charge in [0.25, 0.3) is 5.91 Å². The molecule has 2 N–H and O–H groups in total. The molecule has 0 saturated heterocycles. The molecule has 9 nitrogen and oxygen atoms in total. The Morgan fingerprint density at radius 1 is 1.09 bits per heavy atom. The number of hydroxylamine groups is 1. The first-order chi connectivity index (χ1) is 16.6. The van der Waals surface area contributed by atoms with Gasteiger partial charge in [-0.2, -0.15) is 4.28 Å². The van der Waals surface area contributed by atoms with Gasteiger partial charge in [-0.15, -0.1) is 6.42 Å². The predicted octanol–water partition coefficient (Wildman–Crippen LogP) is 2.71. The first-order valence-corrected chi connectivity index (χ1v) is 12.5. The number of rotatable bonds is 7. The Balaban J connectivity index is 1.89. The van der Waals surface area contributed by atoms with Crippen molar-refractivity contribution < 1.29 is 26.3 Å². The molecule has 178 valence electrons. The second-order valence-electron chi connectivity index (χ2n) is 7.42. The quantitative estimate of drug-likeness (QED) is 0.230. The van der Waals surface area contributed by atoms with E-state index in [-0.39, 0.29) is 15.5 Å². The Hall–Kier alpha value is -3.95. The van der Waals surface area contributed by atoms with E-state index < -0.39 is 27.1 Å². The normalized spacial score (nSPS) is 12.3. The van der Waals surface area contributed by atoms with Crippen molar-refractivity contribution in [2.45, 2.75) is 9.79 Å². The van der Waals surface area contributed by atoms with Crippen LogP contribution in [-0.2, 0) is 25.5 Å². The number of nitrogens with zero attached hydrogens (tertiary/aromatic N) is 2. The summed E-state index contributed by atoms with van der Waals surface area (Å²) >= 11 is -2.79. The fraction of sp³-hybridized carbons (Fsp3) is 0.0417. The minimum Gasteiger partial charge on any atom is -0.748 e. The maximum Gasteiger partial charge on any atom is 0.265 e. The van der Waals surface area contributed by atoms with Gasteiger partial charge in [0.15, 0.2) is 0 Å². The van der Waals surface area contributed by atoms with Crippen LogP contribution < -0.4 is 10.8 Å². The standard InChI is InChI=1S/C24H19N3O6S2/c1-3-16-6-4-8-20(12-16)35(31,32)21-9-5-7-19(14-21)27-22-15-18(26(2)33-34(29)30)11-10-17(22)13-23(27)24(25)28/h1,4-15H,2H3,(H2,25,28)(H,29,30)/p-1. The van der Waals surface area contributed by atoms with Gasteiger partial charge in [0, 0.05) is 23.7 Å². The van der Waals surface area contributed by atoms with E-state index >= 15 is 0 Å². The minimum atomic E-state index is -3.93. The summed E-state index contributed by atoms with van der Waals surface area (Å²) in [6.07, 6.45) is 5.41. The summed E-state index contributed by atoms with van der Waals surface area (Å²) < 4.78 is 54.6. The van der Waals surface area contributed by atoms with E-state index in [9.17, 15) is 22.0 Å². The molecule has 0 radical (unpaired) electrons. The number of carbonyl (C=O) groups is 1. The molecular weight excluding hydrogens is 490 g/mol. The largest absolute Gasteiger partial charge is 0.748 e.